The first-order chi connectivity index (χ1) is 14.5. The van der Waals surface area contributed by atoms with Gasteiger partial charge in [-0.1, -0.05) is 41.4 Å². The molecule has 1 N–H and O–H groups in total. The molecule has 1 atom stereocenters. The lowest BCUT2D eigenvalue weighted by Crippen LogP contribution is -2.07. The van der Waals surface area contributed by atoms with Gasteiger partial charge in [0.25, 0.3) is 0 Å². The van der Waals surface area contributed by atoms with Crippen LogP contribution < -0.4 is 5.32 Å². The van der Waals surface area contributed by atoms with Gasteiger partial charge >= 0.3 is 0 Å². The van der Waals surface area contributed by atoms with E-state index in [0.29, 0.717) is 16.5 Å². The van der Waals surface area contributed by atoms with E-state index in [-0.39, 0.29) is 11.0 Å². The molecule has 1 heterocycles. The van der Waals surface area contributed by atoms with E-state index >= 15 is 0 Å². The lowest BCUT2D eigenvalue weighted by atomic mass is 10.1. The maximum absolute atomic E-state index is 11.1. The second-order valence-electron chi connectivity index (χ2n) is 7.11. The fraction of sp³-hybridized carbons (Fsp3) is 0.304. The molecule has 0 spiro atoms. The summed E-state index contributed by atoms with van der Waals surface area (Å²) in [5.74, 6) is 0.244. The number of carbonyl (C=O) groups excluding carboxylic acids is 1. The minimum absolute atomic E-state index is 0.0876. The average molecular weight is 462 g/mol. The van der Waals surface area contributed by atoms with Gasteiger partial charge in [0, 0.05) is 52.5 Å². The van der Waals surface area contributed by atoms with Crippen LogP contribution in [0.2, 0.25) is 10.0 Å². The van der Waals surface area contributed by atoms with Crippen molar-refractivity contribution < 1.29 is 4.79 Å². The highest BCUT2D eigenvalue weighted by atomic mass is 35.5. The molecule has 0 aliphatic carbocycles. The predicted octanol–water partition coefficient (Wildman–Crippen LogP) is 6.89. The zero-order valence-electron chi connectivity index (χ0n) is 16.9. The zero-order valence-corrected chi connectivity index (χ0v) is 19.2. The second kappa shape index (κ2) is 11.4. The van der Waals surface area contributed by atoms with Crippen LogP contribution in [-0.4, -0.2) is 21.9 Å². The number of Topliss-reactive ketones (excluding diaryl/α,β-unsaturated/α-hetero) is 1. The largest absolute Gasteiger partial charge is 0.384 e. The molecule has 1 unspecified atom stereocenters. The first kappa shape index (κ1) is 22.7. The van der Waals surface area contributed by atoms with E-state index in [1.165, 1.54) is 0 Å². The van der Waals surface area contributed by atoms with E-state index in [0.717, 1.165) is 42.1 Å². The Morgan fingerprint density at radius 2 is 2.03 bits per heavy atom. The van der Waals surface area contributed by atoms with E-state index in [9.17, 15) is 4.79 Å². The van der Waals surface area contributed by atoms with Crippen LogP contribution in [0, 0.1) is 0 Å². The van der Waals surface area contributed by atoms with Crippen molar-refractivity contribution >= 4 is 46.4 Å². The van der Waals surface area contributed by atoms with E-state index in [1.807, 2.05) is 36.8 Å². The van der Waals surface area contributed by atoms with E-state index < -0.39 is 0 Å². The fourth-order valence-electron chi connectivity index (χ4n) is 3.14. The molecule has 158 valence electrons. The van der Waals surface area contributed by atoms with Gasteiger partial charge in [0.2, 0.25) is 0 Å². The molecule has 7 heteroatoms. The van der Waals surface area contributed by atoms with Gasteiger partial charge in [-0.15, -0.1) is 11.8 Å². The number of halogens is 2. The molecular formula is C23H25Cl2N3OS. The first-order valence-corrected chi connectivity index (χ1v) is 11.6. The molecule has 2 aromatic carbocycles. The number of hydrogen-bond donors (Lipinski definition) is 1. The SMILES string of the molecule is CC(=O)CCCCNc1ccccc1SC(Cn1ccnc1)c1ccc(Cl)cc1Cl. The monoisotopic (exact) mass is 461 g/mol. The number of ketones is 1. The minimum Gasteiger partial charge on any atom is -0.384 e. The predicted molar refractivity (Wildman–Crippen MR) is 127 cm³/mol. The summed E-state index contributed by atoms with van der Waals surface area (Å²) in [5.41, 5.74) is 2.13. The first-order valence-electron chi connectivity index (χ1n) is 9.92. The Labute approximate surface area is 192 Å². The third kappa shape index (κ3) is 6.79. The van der Waals surface area contributed by atoms with Gasteiger partial charge in [0.1, 0.15) is 5.78 Å². The number of nitrogens with one attached hydrogen (secondary N) is 1. The Hall–Kier alpha value is -1.95. The third-order valence-corrected chi connectivity index (χ3v) is 6.53. The van der Waals surface area contributed by atoms with Crippen LogP contribution in [0.3, 0.4) is 0 Å². The number of para-hydroxylation sites is 1. The highest BCUT2D eigenvalue weighted by Gasteiger charge is 2.19. The van der Waals surface area contributed by atoms with E-state index in [1.54, 1.807) is 30.9 Å². The number of carbonyl (C=O) groups is 1. The van der Waals surface area contributed by atoms with Crippen LogP contribution in [-0.2, 0) is 11.3 Å². The van der Waals surface area contributed by atoms with Crippen LogP contribution in [0.4, 0.5) is 5.69 Å². The summed E-state index contributed by atoms with van der Waals surface area (Å²) in [6.07, 6.45) is 8.05. The van der Waals surface area contributed by atoms with Crippen molar-refractivity contribution in [2.75, 3.05) is 11.9 Å². The summed E-state index contributed by atoms with van der Waals surface area (Å²) in [6.45, 7) is 3.21. The standard InChI is InChI=1S/C23H25Cl2N3OS/c1-17(29)6-4-5-11-27-21-7-2-3-8-22(21)30-23(15-28-13-12-26-16-28)19-10-9-18(24)14-20(19)25/h2-3,7-10,12-14,16,23,27H,4-6,11,15H2,1H3. The molecule has 30 heavy (non-hydrogen) atoms. The maximum Gasteiger partial charge on any atom is 0.129 e. The van der Waals surface area contributed by atoms with Crippen LogP contribution in [0.1, 0.15) is 37.0 Å². The third-order valence-electron chi connectivity index (χ3n) is 4.67. The van der Waals surface area contributed by atoms with Crippen LogP contribution in [0.5, 0.6) is 0 Å². The Kier molecular flexibility index (Phi) is 8.67. The molecule has 0 radical (unpaired) electrons. The summed E-state index contributed by atoms with van der Waals surface area (Å²) in [7, 11) is 0. The quantitative estimate of drug-likeness (QED) is 0.249. The van der Waals surface area contributed by atoms with Crippen molar-refractivity contribution in [1.29, 1.82) is 0 Å². The van der Waals surface area contributed by atoms with Crippen LogP contribution in [0.25, 0.3) is 0 Å². The summed E-state index contributed by atoms with van der Waals surface area (Å²) in [4.78, 5) is 16.4. The van der Waals surface area contributed by atoms with Crippen molar-refractivity contribution in [3.8, 4) is 0 Å². The number of benzene rings is 2. The molecule has 3 rings (SSSR count). The lowest BCUT2D eigenvalue weighted by Gasteiger charge is -2.21. The zero-order chi connectivity index (χ0) is 21.3. The molecule has 0 aliphatic rings. The second-order valence-corrected chi connectivity index (χ2v) is 9.20. The molecule has 0 saturated carbocycles. The Balaban J connectivity index is 1.76. The van der Waals surface area contributed by atoms with Crippen molar-refractivity contribution in [2.45, 2.75) is 42.9 Å². The molecule has 0 bridgehead atoms. The number of nitrogens with zero attached hydrogens (tertiary/aromatic N) is 2. The minimum atomic E-state index is 0.0876. The van der Waals surface area contributed by atoms with Gasteiger partial charge in [0.05, 0.1) is 11.6 Å². The molecular weight excluding hydrogens is 437 g/mol. The molecule has 0 amide bonds. The van der Waals surface area contributed by atoms with Gasteiger partial charge in [-0.05, 0) is 49.6 Å². The smallest absolute Gasteiger partial charge is 0.129 e. The lowest BCUT2D eigenvalue weighted by molar-refractivity contribution is -0.117. The van der Waals surface area contributed by atoms with Crippen LogP contribution in [0.15, 0.2) is 66.1 Å². The highest BCUT2D eigenvalue weighted by molar-refractivity contribution is 7.99. The van der Waals surface area contributed by atoms with Crippen LogP contribution >= 0.6 is 35.0 Å². The van der Waals surface area contributed by atoms with Crippen molar-refractivity contribution in [2.24, 2.45) is 0 Å². The van der Waals surface area contributed by atoms with Gasteiger partial charge in [0.15, 0.2) is 0 Å². The summed E-state index contributed by atoms with van der Waals surface area (Å²) in [6, 6.07) is 13.9. The number of thioether (sulfide) groups is 1. The molecule has 0 aliphatic heterocycles. The number of imidazole rings is 1. The molecule has 0 fully saturated rings. The maximum atomic E-state index is 11.1. The van der Waals surface area contributed by atoms with E-state index in [4.69, 9.17) is 23.2 Å². The Morgan fingerprint density at radius 3 is 2.77 bits per heavy atom. The summed E-state index contributed by atoms with van der Waals surface area (Å²) < 4.78 is 2.06. The highest BCUT2D eigenvalue weighted by Crippen LogP contribution is 2.42. The fourth-order valence-corrected chi connectivity index (χ4v) is 5.05. The molecule has 1 aromatic heterocycles. The average Bonchev–Trinajstić information content (AvgIpc) is 3.21. The molecule has 4 nitrogen and oxygen atoms in total. The number of hydrogen-bond acceptors (Lipinski definition) is 4. The topological polar surface area (TPSA) is 46.9 Å². The van der Waals surface area contributed by atoms with E-state index in [2.05, 4.69) is 27.0 Å². The number of unbranched alkanes of at least 4 members (excludes halogenated alkanes) is 1. The summed E-state index contributed by atoms with van der Waals surface area (Å²) in [5, 5.41) is 4.90. The normalized spacial score (nSPS) is 12.0. The molecule has 0 saturated heterocycles. The van der Waals surface area contributed by atoms with Gasteiger partial charge in [-0.2, -0.15) is 0 Å². The van der Waals surface area contributed by atoms with Gasteiger partial charge < -0.3 is 14.7 Å². The number of rotatable bonds is 11. The van der Waals surface area contributed by atoms with Crippen molar-refractivity contribution in [1.82, 2.24) is 9.55 Å². The Bertz CT molecular complexity index is 963. The number of anilines is 1. The van der Waals surface area contributed by atoms with Gasteiger partial charge in [-0.25, -0.2) is 4.98 Å². The number of aromatic nitrogens is 2. The molecule has 3 aromatic rings. The summed E-state index contributed by atoms with van der Waals surface area (Å²) >= 11 is 14.4. The van der Waals surface area contributed by atoms with Crippen molar-refractivity contribution in [3.05, 3.63) is 76.8 Å². The van der Waals surface area contributed by atoms with Gasteiger partial charge in [-0.3, -0.25) is 0 Å². The Morgan fingerprint density at radius 1 is 1.20 bits per heavy atom. The van der Waals surface area contributed by atoms with Crippen molar-refractivity contribution in [3.63, 3.8) is 0 Å².